The molecule has 0 fully saturated rings. The van der Waals surface area contributed by atoms with Gasteiger partial charge in [-0.25, -0.2) is 9.48 Å². The number of carboxylic acids is 1. The summed E-state index contributed by atoms with van der Waals surface area (Å²) in [5.74, 6) is -1.13. The van der Waals surface area contributed by atoms with E-state index < -0.39 is 5.97 Å². The van der Waals surface area contributed by atoms with Gasteiger partial charge in [0.2, 0.25) is 0 Å². The normalized spacial score (nSPS) is 11.1. The number of rotatable bonds is 4. The van der Waals surface area contributed by atoms with E-state index in [-0.39, 0.29) is 11.3 Å². The van der Waals surface area contributed by atoms with E-state index in [1.54, 1.807) is 24.3 Å². The van der Waals surface area contributed by atoms with Crippen molar-refractivity contribution >= 4 is 16.7 Å². The molecule has 0 aliphatic rings. The zero-order chi connectivity index (χ0) is 14.0. The van der Waals surface area contributed by atoms with Gasteiger partial charge in [0, 0.05) is 11.9 Å². The van der Waals surface area contributed by atoms with Crippen LogP contribution in [0.2, 0.25) is 0 Å². The molecule has 19 heavy (non-hydrogen) atoms. The number of benzene rings is 1. The van der Waals surface area contributed by atoms with Gasteiger partial charge >= 0.3 is 5.97 Å². The van der Waals surface area contributed by atoms with Crippen LogP contribution in [-0.2, 0) is 6.54 Å². The molecule has 0 amide bonds. The Bertz CT molecular complexity index is 676. The number of aromatic carboxylic acids is 1. The Morgan fingerprint density at radius 3 is 2.53 bits per heavy atom. The van der Waals surface area contributed by atoms with E-state index in [1.807, 2.05) is 19.0 Å². The van der Waals surface area contributed by atoms with Crippen LogP contribution in [0.1, 0.15) is 10.5 Å². The number of aromatic nitrogens is 2. The largest absolute Gasteiger partial charge is 0.476 e. The molecule has 100 valence electrons. The molecule has 0 unspecified atom stereocenters. The molecule has 0 spiro atoms. The van der Waals surface area contributed by atoms with Gasteiger partial charge in [0.15, 0.2) is 5.69 Å². The number of likely N-dealkylation sites (N-methyl/N-ethyl adjacent to an activating group) is 1. The van der Waals surface area contributed by atoms with Gasteiger partial charge in [-0.15, -0.1) is 0 Å². The third kappa shape index (κ3) is 2.63. The number of carboxylic acid groups (broad SMARTS) is 1. The van der Waals surface area contributed by atoms with Crippen molar-refractivity contribution in [1.82, 2.24) is 14.7 Å². The fourth-order valence-corrected chi connectivity index (χ4v) is 1.84. The molecule has 0 saturated carbocycles. The highest BCUT2D eigenvalue weighted by atomic mass is 16.4. The number of carbonyl (C=O) groups is 1. The summed E-state index contributed by atoms with van der Waals surface area (Å²) in [7, 11) is 3.76. The predicted octanol–water partition coefficient (Wildman–Crippen LogP) is 0.656. The first-order valence-electron chi connectivity index (χ1n) is 5.88. The van der Waals surface area contributed by atoms with Gasteiger partial charge in [-0.1, -0.05) is 18.2 Å². The zero-order valence-electron chi connectivity index (χ0n) is 10.8. The number of hydrogen-bond acceptors (Lipinski definition) is 4. The molecule has 6 heteroatoms. The molecule has 0 radical (unpaired) electrons. The summed E-state index contributed by atoms with van der Waals surface area (Å²) in [5.41, 5.74) is -0.351. The minimum Gasteiger partial charge on any atom is -0.476 e. The third-order valence-electron chi connectivity index (χ3n) is 2.83. The molecule has 1 aromatic carbocycles. The van der Waals surface area contributed by atoms with Crippen LogP contribution in [0, 0.1) is 0 Å². The average Bonchev–Trinajstić information content (AvgIpc) is 2.37. The smallest absolute Gasteiger partial charge is 0.357 e. The Labute approximate surface area is 109 Å². The summed E-state index contributed by atoms with van der Waals surface area (Å²) in [6.07, 6.45) is 0. The monoisotopic (exact) mass is 261 g/mol. The van der Waals surface area contributed by atoms with Gasteiger partial charge in [-0.2, -0.15) is 5.10 Å². The lowest BCUT2D eigenvalue weighted by Crippen LogP contribution is -2.30. The summed E-state index contributed by atoms with van der Waals surface area (Å²) < 4.78 is 1.21. The van der Waals surface area contributed by atoms with Crippen molar-refractivity contribution < 1.29 is 9.90 Å². The maximum absolute atomic E-state index is 12.2. The molecule has 2 rings (SSSR count). The number of nitrogens with zero attached hydrogens (tertiary/aromatic N) is 3. The van der Waals surface area contributed by atoms with Crippen molar-refractivity contribution in [3.8, 4) is 0 Å². The van der Waals surface area contributed by atoms with Crippen LogP contribution in [0.3, 0.4) is 0 Å². The Kier molecular flexibility index (Phi) is 3.62. The van der Waals surface area contributed by atoms with E-state index in [4.69, 9.17) is 0 Å². The first kappa shape index (κ1) is 13.2. The summed E-state index contributed by atoms with van der Waals surface area (Å²) in [4.78, 5) is 25.3. The minimum absolute atomic E-state index is 0.0889. The van der Waals surface area contributed by atoms with E-state index in [1.165, 1.54) is 4.68 Å². The molecular weight excluding hydrogens is 246 g/mol. The molecule has 0 aliphatic heterocycles. The third-order valence-corrected chi connectivity index (χ3v) is 2.83. The second-order valence-electron chi connectivity index (χ2n) is 4.53. The van der Waals surface area contributed by atoms with Crippen LogP contribution in [-0.4, -0.2) is 46.4 Å². The van der Waals surface area contributed by atoms with Crippen molar-refractivity contribution in [2.45, 2.75) is 6.54 Å². The second-order valence-corrected chi connectivity index (χ2v) is 4.53. The zero-order valence-corrected chi connectivity index (χ0v) is 10.8. The summed E-state index contributed by atoms with van der Waals surface area (Å²) in [6, 6.07) is 6.63. The Balaban J connectivity index is 2.63. The Morgan fingerprint density at radius 2 is 1.95 bits per heavy atom. The SMILES string of the molecule is CN(C)CCn1nc(C(=O)O)c2ccccc2c1=O. The number of hydrogen-bond donors (Lipinski definition) is 1. The lowest BCUT2D eigenvalue weighted by atomic mass is 10.1. The topological polar surface area (TPSA) is 75.4 Å². The Morgan fingerprint density at radius 1 is 1.32 bits per heavy atom. The van der Waals surface area contributed by atoms with Gasteiger partial charge in [-0.05, 0) is 20.2 Å². The van der Waals surface area contributed by atoms with Crippen LogP contribution < -0.4 is 5.56 Å². The van der Waals surface area contributed by atoms with E-state index in [0.29, 0.717) is 23.9 Å². The predicted molar refractivity (Wildman–Crippen MR) is 71.5 cm³/mol. The standard InChI is InChI=1S/C13H15N3O3/c1-15(2)7-8-16-12(17)10-6-4-3-5-9(10)11(14-16)13(18)19/h3-6H,7-8H2,1-2H3,(H,18,19). The van der Waals surface area contributed by atoms with Gasteiger partial charge in [-0.3, -0.25) is 4.79 Å². The van der Waals surface area contributed by atoms with Crippen LogP contribution in [0.4, 0.5) is 0 Å². The van der Waals surface area contributed by atoms with Crippen LogP contribution in [0.5, 0.6) is 0 Å². The van der Waals surface area contributed by atoms with Crippen molar-refractivity contribution in [1.29, 1.82) is 0 Å². The fraction of sp³-hybridized carbons (Fsp3) is 0.308. The van der Waals surface area contributed by atoms with E-state index >= 15 is 0 Å². The lowest BCUT2D eigenvalue weighted by molar-refractivity contribution is 0.0690. The van der Waals surface area contributed by atoms with E-state index in [0.717, 1.165) is 0 Å². The molecule has 1 heterocycles. The maximum atomic E-state index is 12.2. The van der Waals surface area contributed by atoms with Crippen LogP contribution in [0.15, 0.2) is 29.1 Å². The van der Waals surface area contributed by atoms with Crippen molar-refractivity contribution in [3.63, 3.8) is 0 Å². The Hall–Kier alpha value is -2.21. The minimum atomic E-state index is -1.13. The highest BCUT2D eigenvalue weighted by Crippen LogP contribution is 2.12. The van der Waals surface area contributed by atoms with Gasteiger partial charge in [0.05, 0.1) is 11.9 Å². The molecule has 0 saturated heterocycles. The molecule has 0 aliphatic carbocycles. The highest BCUT2D eigenvalue weighted by Gasteiger charge is 2.15. The van der Waals surface area contributed by atoms with Gasteiger partial charge < -0.3 is 10.0 Å². The second kappa shape index (κ2) is 5.19. The number of fused-ring (bicyclic) bond motifs is 1. The highest BCUT2D eigenvalue weighted by molar-refractivity contribution is 6.01. The van der Waals surface area contributed by atoms with E-state index in [2.05, 4.69) is 5.10 Å². The van der Waals surface area contributed by atoms with Crippen LogP contribution >= 0.6 is 0 Å². The summed E-state index contributed by atoms with van der Waals surface area (Å²) in [5, 5.41) is 13.9. The molecule has 0 bridgehead atoms. The molecule has 0 atom stereocenters. The molecule has 6 nitrogen and oxygen atoms in total. The lowest BCUT2D eigenvalue weighted by Gasteiger charge is -2.12. The summed E-state index contributed by atoms with van der Waals surface area (Å²) >= 11 is 0. The quantitative estimate of drug-likeness (QED) is 0.874. The van der Waals surface area contributed by atoms with Crippen molar-refractivity contribution in [2.24, 2.45) is 0 Å². The molecule has 1 aromatic heterocycles. The van der Waals surface area contributed by atoms with Crippen molar-refractivity contribution in [2.75, 3.05) is 20.6 Å². The van der Waals surface area contributed by atoms with Gasteiger partial charge in [0.1, 0.15) is 0 Å². The van der Waals surface area contributed by atoms with Crippen LogP contribution in [0.25, 0.3) is 10.8 Å². The molecule has 1 N–H and O–H groups in total. The summed E-state index contributed by atoms with van der Waals surface area (Å²) in [6.45, 7) is 0.973. The first-order valence-corrected chi connectivity index (χ1v) is 5.88. The van der Waals surface area contributed by atoms with Crippen molar-refractivity contribution in [3.05, 3.63) is 40.3 Å². The first-order chi connectivity index (χ1) is 9.00. The fourth-order valence-electron chi connectivity index (χ4n) is 1.84. The molecular formula is C13H15N3O3. The molecule has 2 aromatic rings. The maximum Gasteiger partial charge on any atom is 0.357 e. The van der Waals surface area contributed by atoms with Gasteiger partial charge in [0.25, 0.3) is 5.56 Å². The van der Waals surface area contributed by atoms with E-state index in [9.17, 15) is 14.7 Å². The average molecular weight is 261 g/mol.